The molecule has 0 heterocycles. The Morgan fingerprint density at radius 3 is 2.29 bits per heavy atom. The van der Waals surface area contributed by atoms with Crippen molar-refractivity contribution in [2.24, 2.45) is 11.7 Å². The minimum absolute atomic E-state index is 0.375. The molecule has 0 unspecified atom stereocenters. The molecule has 0 spiro atoms. The van der Waals surface area contributed by atoms with Crippen LogP contribution in [0.15, 0.2) is 0 Å². The summed E-state index contributed by atoms with van der Waals surface area (Å²) in [5.74, 6) is 0.919. The highest BCUT2D eigenvalue weighted by atomic mass is 14.7. The Morgan fingerprint density at radius 2 is 2.29 bits per heavy atom. The van der Waals surface area contributed by atoms with Gasteiger partial charge in [-0.25, -0.2) is 0 Å². The molecule has 7 heavy (non-hydrogen) atoms. The molecule has 2 nitrogen and oxygen atoms in total. The van der Waals surface area contributed by atoms with Crippen LogP contribution in [0.25, 0.3) is 0 Å². The van der Waals surface area contributed by atoms with Gasteiger partial charge in [0.25, 0.3) is 0 Å². The largest absolute Gasteiger partial charge is 0.291 e. The zero-order valence-corrected chi connectivity index (χ0v) is 4.94. The minimum Gasteiger partial charge on any atom is -0.291 e. The average molecular weight is 101 g/mol. The SMILES string of the molecule is CC[C@@H](C)C(N)=[NH2+]. The summed E-state index contributed by atoms with van der Waals surface area (Å²) < 4.78 is 0. The fourth-order valence-corrected chi connectivity index (χ4v) is 0.236. The molecule has 1 atom stereocenters. The number of hydrogen-bond donors (Lipinski definition) is 2. The Hall–Kier alpha value is -0.530. The van der Waals surface area contributed by atoms with Crippen LogP contribution in [0.1, 0.15) is 20.3 Å². The Morgan fingerprint density at radius 1 is 1.86 bits per heavy atom. The zero-order valence-electron chi connectivity index (χ0n) is 4.94. The van der Waals surface area contributed by atoms with Gasteiger partial charge in [-0.05, 0) is 6.42 Å². The van der Waals surface area contributed by atoms with E-state index in [4.69, 9.17) is 11.1 Å². The van der Waals surface area contributed by atoms with Crippen molar-refractivity contribution in [3.8, 4) is 0 Å². The van der Waals surface area contributed by atoms with E-state index in [9.17, 15) is 0 Å². The monoisotopic (exact) mass is 101 g/mol. The van der Waals surface area contributed by atoms with E-state index in [0.717, 1.165) is 6.42 Å². The first-order chi connectivity index (χ1) is 3.18. The molecule has 2 heteroatoms. The van der Waals surface area contributed by atoms with Crippen LogP contribution in [0.5, 0.6) is 0 Å². The molecule has 0 aromatic carbocycles. The lowest BCUT2D eigenvalue weighted by molar-refractivity contribution is -0.121. The first-order valence-electron chi connectivity index (χ1n) is 2.56. The number of rotatable bonds is 2. The maximum Gasteiger partial charge on any atom is 0.241 e. The van der Waals surface area contributed by atoms with Crippen LogP contribution >= 0.6 is 0 Å². The van der Waals surface area contributed by atoms with Crippen LogP contribution < -0.4 is 11.1 Å². The van der Waals surface area contributed by atoms with Gasteiger partial charge in [0.05, 0.1) is 5.92 Å². The van der Waals surface area contributed by atoms with E-state index in [1.807, 2.05) is 6.92 Å². The lowest BCUT2D eigenvalue weighted by atomic mass is 10.1. The molecule has 0 radical (unpaired) electrons. The summed E-state index contributed by atoms with van der Waals surface area (Å²) >= 11 is 0. The smallest absolute Gasteiger partial charge is 0.241 e. The van der Waals surface area contributed by atoms with Gasteiger partial charge in [-0.3, -0.25) is 11.1 Å². The molecule has 0 aliphatic carbocycles. The van der Waals surface area contributed by atoms with Gasteiger partial charge in [0, 0.05) is 0 Å². The summed E-state index contributed by atoms with van der Waals surface area (Å²) in [6, 6.07) is 0. The highest BCUT2D eigenvalue weighted by Crippen LogP contribution is 1.94. The van der Waals surface area contributed by atoms with Gasteiger partial charge < -0.3 is 0 Å². The van der Waals surface area contributed by atoms with Crippen LogP contribution in [-0.4, -0.2) is 5.84 Å². The number of nitrogens with two attached hydrogens (primary N) is 2. The summed E-state index contributed by atoms with van der Waals surface area (Å²) in [6.45, 7) is 4.07. The molecule has 4 N–H and O–H groups in total. The third kappa shape index (κ3) is 2.20. The topological polar surface area (TPSA) is 51.6 Å². The predicted octanol–water partition coefficient (Wildman–Crippen LogP) is -0.851. The van der Waals surface area contributed by atoms with E-state index in [1.165, 1.54) is 0 Å². The fraction of sp³-hybridized carbons (Fsp3) is 0.800. The van der Waals surface area contributed by atoms with Crippen LogP contribution in [0.2, 0.25) is 0 Å². The Kier molecular flexibility index (Phi) is 2.41. The molecular formula is C5H13N2+. The second-order valence-corrected chi connectivity index (χ2v) is 1.81. The third-order valence-corrected chi connectivity index (χ3v) is 1.18. The second kappa shape index (κ2) is 2.61. The van der Waals surface area contributed by atoms with E-state index in [0.29, 0.717) is 11.8 Å². The Bertz CT molecular complexity index is 68.5. The summed E-state index contributed by atoms with van der Waals surface area (Å²) in [6.07, 6.45) is 1.03. The third-order valence-electron chi connectivity index (χ3n) is 1.18. The molecule has 0 aromatic heterocycles. The average Bonchev–Trinajstić information content (AvgIpc) is 1.65. The van der Waals surface area contributed by atoms with Crippen LogP contribution in [0, 0.1) is 5.92 Å². The Labute approximate surface area is 44.2 Å². The van der Waals surface area contributed by atoms with Crippen molar-refractivity contribution in [3.05, 3.63) is 0 Å². The number of hydrogen-bond acceptors (Lipinski definition) is 0. The second-order valence-electron chi connectivity index (χ2n) is 1.81. The molecule has 0 amide bonds. The van der Waals surface area contributed by atoms with Gasteiger partial charge in [-0.2, -0.15) is 0 Å². The highest BCUT2D eigenvalue weighted by molar-refractivity contribution is 5.76. The normalized spacial score (nSPS) is 13.4. The molecule has 42 valence electrons. The van der Waals surface area contributed by atoms with Crippen LogP contribution in [0.3, 0.4) is 0 Å². The van der Waals surface area contributed by atoms with Crippen molar-refractivity contribution >= 4 is 5.84 Å². The summed E-state index contributed by atoms with van der Waals surface area (Å²) in [7, 11) is 0. The molecule has 0 aliphatic rings. The molecular weight excluding hydrogens is 88.1 g/mol. The predicted molar refractivity (Wildman–Crippen MR) is 30.6 cm³/mol. The van der Waals surface area contributed by atoms with E-state index in [1.54, 1.807) is 0 Å². The van der Waals surface area contributed by atoms with E-state index in [-0.39, 0.29) is 0 Å². The van der Waals surface area contributed by atoms with E-state index < -0.39 is 0 Å². The maximum atomic E-state index is 5.24. The molecule has 0 saturated carbocycles. The molecule has 0 aromatic rings. The highest BCUT2D eigenvalue weighted by Gasteiger charge is 2.04. The summed E-state index contributed by atoms with van der Waals surface area (Å²) in [5, 5.41) is 5.24. The molecule has 0 rings (SSSR count). The minimum atomic E-state index is 0.375. The van der Waals surface area contributed by atoms with Gasteiger partial charge in [0.15, 0.2) is 0 Å². The van der Waals surface area contributed by atoms with Crippen LogP contribution in [0.4, 0.5) is 0 Å². The lowest BCUT2D eigenvalue weighted by Gasteiger charge is -1.96. The van der Waals surface area contributed by atoms with Gasteiger partial charge in [0.1, 0.15) is 0 Å². The van der Waals surface area contributed by atoms with Crippen molar-refractivity contribution in [1.82, 2.24) is 0 Å². The van der Waals surface area contributed by atoms with Gasteiger partial charge in [-0.1, -0.05) is 13.8 Å². The van der Waals surface area contributed by atoms with Crippen molar-refractivity contribution in [2.45, 2.75) is 20.3 Å². The Balaban J connectivity index is 3.34. The fourth-order valence-electron chi connectivity index (χ4n) is 0.236. The van der Waals surface area contributed by atoms with Crippen LogP contribution in [-0.2, 0) is 0 Å². The van der Waals surface area contributed by atoms with E-state index >= 15 is 0 Å². The molecule has 0 aliphatic heterocycles. The first-order valence-corrected chi connectivity index (χ1v) is 2.56. The van der Waals surface area contributed by atoms with Crippen molar-refractivity contribution < 1.29 is 5.41 Å². The first kappa shape index (κ1) is 6.47. The quantitative estimate of drug-likeness (QED) is 0.345. The standard InChI is InChI=1S/C5H12N2/c1-3-4(2)5(6)7/h4H,3H2,1-2H3,(H3,6,7)/p+1/t4-/m1/s1. The summed E-state index contributed by atoms with van der Waals surface area (Å²) in [4.78, 5) is 0. The van der Waals surface area contributed by atoms with E-state index in [2.05, 4.69) is 6.92 Å². The van der Waals surface area contributed by atoms with Crippen molar-refractivity contribution in [3.63, 3.8) is 0 Å². The molecule has 0 saturated heterocycles. The maximum absolute atomic E-state index is 5.24. The van der Waals surface area contributed by atoms with Crippen molar-refractivity contribution in [1.29, 1.82) is 0 Å². The van der Waals surface area contributed by atoms with Gasteiger partial charge in [0.2, 0.25) is 5.84 Å². The molecule has 0 bridgehead atoms. The van der Waals surface area contributed by atoms with Crippen molar-refractivity contribution in [2.75, 3.05) is 0 Å². The summed E-state index contributed by atoms with van der Waals surface area (Å²) in [5.41, 5.74) is 5.24. The lowest BCUT2D eigenvalue weighted by Crippen LogP contribution is -2.49. The zero-order chi connectivity index (χ0) is 5.86. The molecule has 0 fully saturated rings. The number of amidine groups is 1. The van der Waals surface area contributed by atoms with Gasteiger partial charge in [-0.15, -0.1) is 0 Å². The van der Waals surface area contributed by atoms with Gasteiger partial charge >= 0.3 is 0 Å².